The van der Waals surface area contributed by atoms with Gasteiger partial charge in [-0.2, -0.15) is 0 Å². The molecule has 0 aromatic heterocycles. The van der Waals surface area contributed by atoms with Crippen LogP contribution in [0.15, 0.2) is 18.2 Å². The lowest BCUT2D eigenvalue weighted by Gasteiger charge is -2.09. The van der Waals surface area contributed by atoms with Gasteiger partial charge in [0.25, 0.3) is 5.91 Å². The highest BCUT2D eigenvalue weighted by Crippen LogP contribution is 2.20. The standard InChI is InChI=1S/C12H16ClNO3/c1-8-5-10(3-4-11(8)13)17-7-12(16)14-6-9(2)15/h3-5,9,15H,6-7H2,1-2H3,(H,14,16)/t9-/m0/s1. The third kappa shape index (κ3) is 5.06. The molecule has 0 fully saturated rings. The van der Waals surface area contributed by atoms with E-state index in [2.05, 4.69) is 5.32 Å². The lowest BCUT2D eigenvalue weighted by atomic mass is 10.2. The van der Waals surface area contributed by atoms with E-state index in [4.69, 9.17) is 21.4 Å². The monoisotopic (exact) mass is 257 g/mol. The van der Waals surface area contributed by atoms with Crippen LogP contribution in [0.4, 0.5) is 0 Å². The van der Waals surface area contributed by atoms with Crippen molar-refractivity contribution in [1.29, 1.82) is 0 Å². The van der Waals surface area contributed by atoms with Crippen LogP contribution in [0.2, 0.25) is 5.02 Å². The fraction of sp³-hybridized carbons (Fsp3) is 0.417. The van der Waals surface area contributed by atoms with Crippen LogP contribution < -0.4 is 10.1 Å². The number of carbonyl (C=O) groups is 1. The van der Waals surface area contributed by atoms with Gasteiger partial charge in [-0.3, -0.25) is 4.79 Å². The Balaban J connectivity index is 2.39. The Morgan fingerprint density at radius 2 is 2.29 bits per heavy atom. The highest BCUT2D eigenvalue weighted by Gasteiger charge is 2.04. The summed E-state index contributed by atoms with van der Waals surface area (Å²) in [6.45, 7) is 3.61. The molecule has 94 valence electrons. The molecule has 4 nitrogen and oxygen atoms in total. The second-order valence-corrected chi connectivity index (χ2v) is 4.26. The fourth-order valence-corrected chi connectivity index (χ4v) is 1.29. The number of ether oxygens (including phenoxy) is 1. The summed E-state index contributed by atoms with van der Waals surface area (Å²) in [5.41, 5.74) is 0.897. The molecule has 0 aliphatic heterocycles. The smallest absolute Gasteiger partial charge is 0.258 e. The summed E-state index contributed by atoms with van der Waals surface area (Å²) in [4.78, 5) is 11.3. The summed E-state index contributed by atoms with van der Waals surface area (Å²) in [7, 11) is 0. The minimum atomic E-state index is -0.559. The van der Waals surface area contributed by atoms with Crippen LogP contribution in [0.3, 0.4) is 0 Å². The maximum atomic E-state index is 11.3. The van der Waals surface area contributed by atoms with Crippen LogP contribution in [0.5, 0.6) is 5.75 Å². The van der Waals surface area contributed by atoms with E-state index >= 15 is 0 Å². The van der Waals surface area contributed by atoms with Crippen LogP contribution in [-0.4, -0.2) is 30.3 Å². The lowest BCUT2D eigenvalue weighted by molar-refractivity contribution is -0.123. The summed E-state index contributed by atoms with van der Waals surface area (Å²) < 4.78 is 5.28. The van der Waals surface area contributed by atoms with Crippen molar-refractivity contribution in [1.82, 2.24) is 5.32 Å². The number of aryl methyl sites for hydroxylation is 1. The summed E-state index contributed by atoms with van der Waals surface area (Å²) in [6.07, 6.45) is -0.559. The summed E-state index contributed by atoms with van der Waals surface area (Å²) in [6, 6.07) is 5.20. The topological polar surface area (TPSA) is 58.6 Å². The van der Waals surface area contributed by atoms with Crippen molar-refractivity contribution in [3.05, 3.63) is 28.8 Å². The molecule has 0 aliphatic carbocycles. The van der Waals surface area contributed by atoms with Gasteiger partial charge in [-0.1, -0.05) is 11.6 Å². The van der Waals surface area contributed by atoms with Crippen molar-refractivity contribution in [3.8, 4) is 5.75 Å². The Morgan fingerprint density at radius 3 is 2.88 bits per heavy atom. The number of hydrogen-bond acceptors (Lipinski definition) is 3. The van der Waals surface area contributed by atoms with Gasteiger partial charge in [-0.15, -0.1) is 0 Å². The SMILES string of the molecule is Cc1cc(OCC(=O)NC[C@H](C)O)ccc1Cl. The fourth-order valence-electron chi connectivity index (χ4n) is 1.17. The number of rotatable bonds is 5. The van der Waals surface area contributed by atoms with Crippen molar-refractivity contribution >= 4 is 17.5 Å². The van der Waals surface area contributed by atoms with Crippen molar-refractivity contribution in [2.75, 3.05) is 13.2 Å². The molecule has 1 rings (SSSR count). The molecule has 0 spiro atoms. The number of halogens is 1. The van der Waals surface area contributed by atoms with Gasteiger partial charge in [0.1, 0.15) is 5.75 Å². The maximum Gasteiger partial charge on any atom is 0.258 e. The minimum Gasteiger partial charge on any atom is -0.484 e. The number of hydrogen-bond donors (Lipinski definition) is 2. The van der Waals surface area contributed by atoms with Crippen molar-refractivity contribution < 1.29 is 14.6 Å². The van der Waals surface area contributed by atoms with Crippen LogP contribution in [0.1, 0.15) is 12.5 Å². The lowest BCUT2D eigenvalue weighted by Crippen LogP contribution is -2.34. The molecule has 5 heteroatoms. The molecule has 0 radical (unpaired) electrons. The first-order chi connectivity index (χ1) is 7.99. The Bertz CT molecular complexity index is 393. The van der Waals surface area contributed by atoms with E-state index in [1.54, 1.807) is 25.1 Å². The van der Waals surface area contributed by atoms with E-state index in [0.29, 0.717) is 10.8 Å². The molecule has 1 aromatic rings. The van der Waals surface area contributed by atoms with E-state index in [0.717, 1.165) is 5.56 Å². The maximum absolute atomic E-state index is 11.3. The van der Waals surface area contributed by atoms with Gasteiger partial charge < -0.3 is 15.2 Å². The zero-order valence-corrected chi connectivity index (χ0v) is 10.6. The van der Waals surface area contributed by atoms with Gasteiger partial charge in [-0.05, 0) is 37.6 Å². The Kier molecular flexibility index (Phi) is 5.25. The third-order valence-electron chi connectivity index (χ3n) is 2.09. The van der Waals surface area contributed by atoms with Crippen LogP contribution >= 0.6 is 11.6 Å². The van der Waals surface area contributed by atoms with Crippen LogP contribution in [-0.2, 0) is 4.79 Å². The molecule has 0 bridgehead atoms. The molecule has 1 aromatic carbocycles. The van der Waals surface area contributed by atoms with Gasteiger partial charge in [0.15, 0.2) is 6.61 Å². The molecule has 0 saturated heterocycles. The number of amides is 1. The average molecular weight is 258 g/mol. The molecule has 0 saturated carbocycles. The van der Waals surface area contributed by atoms with E-state index in [1.807, 2.05) is 6.92 Å². The zero-order valence-electron chi connectivity index (χ0n) is 9.87. The van der Waals surface area contributed by atoms with E-state index < -0.39 is 6.10 Å². The van der Waals surface area contributed by atoms with E-state index in [1.165, 1.54) is 0 Å². The highest BCUT2D eigenvalue weighted by molar-refractivity contribution is 6.31. The first-order valence-corrected chi connectivity index (χ1v) is 5.70. The van der Waals surface area contributed by atoms with Crippen LogP contribution in [0.25, 0.3) is 0 Å². The Labute approximate surface area is 106 Å². The molecule has 0 heterocycles. The van der Waals surface area contributed by atoms with Crippen LogP contribution in [0, 0.1) is 6.92 Å². The number of aliphatic hydroxyl groups excluding tert-OH is 1. The molecular weight excluding hydrogens is 242 g/mol. The quantitative estimate of drug-likeness (QED) is 0.841. The van der Waals surface area contributed by atoms with Crippen molar-refractivity contribution in [3.63, 3.8) is 0 Å². The molecule has 1 atom stereocenters. The van der Waals surface area contributed by atoms with Gasteiger partial charge >= 0.3 is 0 Å². The molecule has 2 N–H and O–H groups in total. The molecule has 1 amide bonds. The number of nitrogens with one attached hydrogen (secondary N) is 1. The molecule has 17 heavy (non-hydrogen) atoms. The Morgan fingerprint density at radius 1 is 1.59 bits per heavy atom. The largest absolute Gasteiger partial charge is 0.484 e. The van der Waals surface area contributed by atoms with Gasteiger partial charge in [0, 0.05) is 11.6 Å². The van der Waals surface area contributed by atoms with E-state index in [9.17, 15) is 4.79 Å². The normalized spacial score (nSPS) is 12.0. The zero-order chi connectivity index (χ0) is 12.8. The van der Waals surface area contributed by atoms with Gasteiger partial charge in [-0.25, -0.2) is 0 Å². The molecular formula is C12H16ClNO3. The summed E-state index contributed by atoms with van der Waals surface area (Å²) >= 11 is 5.87. The van der Waals surface area contributed by atoms with Gasteiger partial charge in [0.05, 0.1) is 6.10 Å². The first-order valence-electron chi connectivity index (χ1n) is 5.32. The predicted octanol–water partition coefficient (Wildman–Crippen LogP) is 1.52. The third-order valence-corrected chi connectivity index (χ3v) is 2.52. The van der Waals surface area contributed by atoms with E-state index in [-0.39, 0.29) is 19.1 Å². The highest BCUT2D eigenvalue weighted by atomic mass is 35.5. The second-order valence-electron chi connectivity index (χ2n) is 3.85. The minimum absolute atomic E-state index is 0.0756. The number of benzene rings is 1. The number of carbonyl (C=O) groups excluding carboxylic acids is 1. The molecule has 0 aliphatic rings. The Hall–Kier alpha value is -1.26. The second kappa shape index (κ2) is 6.47. The number of aliphatic hydroxyl groups is 1. The van der Waals surface area contributed by atoms with Gasteiger partial charge in [0.2, 0.25) is 0 Å². The van der Waals surface area contributed by atoms with Crippen molar-refractivity contribution in [2.45, 2.75) is 20.0 Å². The summed E-state index contributed by atoms with van der Waals surface area (Å²) in [5.74, 6) is 0.331. The first kappa shape index (κ1) is 13.8. The van der Waals surface area contributed by atoms with Crippen molar-refractivity contribution in [2.24, 2.45) is 0 Å². The summed E-state index contributed by atoms with van der Waals surface area (Å²) in [5, 5.41) is 12.2. The predicted molar refractivity (Wildman–Crippen MR) is 66.4 cm³/mol. The average Bonchev–Trinajstić information content (AvgIpc) is 2.28. The molecule has 0 unspecified atom stereocenters.